The van der Waals surface area contributed by atoms with Crippen molar-refractivity contribution in [3.63, 3.8) is 0 Å². The standard InChI is InChI=1S/C27H28N4O3/c1-19(2)26-22(17-30-31(26)25-11-7-8-14-28-25)27(32)29-16-21-12-13-23(24(15-21)33-3)34-18-20-9-5-4-6-10-20/h4-15,17,19H,16,18H2,1-3H3,(H,29,32). The molecule has 0 saturated carbocycles. The summed E-state index contributed by atoms with van der Waals surface area (Å²) in [6.45, 7) is 4.87. The molecule has 0 unspecified atom stereocenters. The van der Waals surface area contributed by atoms with Crippen LogP contribution in [0.3, 0.4) is 0 Å². The number of aromatic nitrogens is 3. The number of hydrogen-bond donors (Lipinski definition) is 1. The molecule has 1 amide bonds. The molecular formula is C27H28N4O3. The van der Waals surface area contributed by atoms with Crippen molar-refractivity contribution in [1.82, 2.24) is 20.1 Å². The minimum absolute atomic E-state index is 0.0893. The van der Waals surface area contributed by atoms with Gasteiger partial charge in [-0.2, -0.15) is 5.10 Å². The third-order valence-corrected chi connectivity index (χ3v) is 5.38. The number of nitrogens with one attached hydrogen (secondary N) is 1. The fourth-order valence-corrected chi connectivity index (χ4v) is 3.70. The third-order valence-electron chi connectivity index (χ3n) is 5.38. The predicted molar refractivity (Wildman–Crippen MR) is 130 cm³/mol. The molecule has 0 bridgehead atoms. The molecular weight excluding hydrogens is 428 g/mol. The first-order chi connectivity index (χ1) is 16.6. The molecule has 2 heterocycles. The summed E-state index contributed by atoms with van der Waals surface area (Å²) in [5.74, 6) is 1.86. The average molecular weight is 457 g/mol. The predicted octanol–water partition coefficient (Wildman–Crippen LogP) is 4.91. The van der Waals surface area contributed by atoms with Crippen LogP contribution < -0.4 is 14.8 Å². The van der Waals surface area contributed by atoms with Crippen LogP contribution in [0.25, 0.3) is 5.82 Å². The van der Waals surface area contributed by atoms with E-state index < -0.39 is 0 Å². The maximum Gasteiger partial charge on any atom is 0.255 e. The summed E-state index contributed by atoms with van der Waals surface area (Å²) in [4.78, 5) is 17.4. The van der Waals surface area contributed by atoms with Gasteiger partial charge in [-0.1, -0.05) is 56.3 Å². The van der Waals surface area contributed by atoms with Crippen molar-refractivity contribution in [2.75, 3.05) is 7.11 Å². The zero-order chi connectivity index (χ0) is 23.9. The van der Waals surface area contributed by atoms with E-state index in [4.69, 9.17) is 9.47 Å². The van der Waals surface area contributed by atoms with Crippen molar-refractivity contribution in [3.8, 4) is 17.3 Å². The van der Waals surface area contributed by atoms with Gasteiger partial charge in [-0.05, 0) is 41.3 Å². The van der Waals surface area contributed by atoms with Crippen LogP contribution in [0.1, 0.15) is 46.9 Å². The SMILES string of the molecule is COc1cc(CNC(=O)c2cnn(-c3ccccn3)c2C(C)C)ccc1OCc1ccccc1. The smallest absolute Gasteiger partial charge is 0.255 e. The second-order valence-corrected chi connectivity index (χ2v) is 8.14. The Labute approximate surface area is 199 Å². The van der Waals surface area contributed by atoms with Crippen LogP contribution in [0.2, 0.25) is 0 Å². The minimum Gasteiger partial charge on any atom is -0.493 e. The second kappa shape index (κ2) is 10.7. The molecule has 0 radical (unpaired) electrons. The van der Waals surface area contributed by atoms with Crippen molar-refractivity contribution in [2.45, 2.75) is 32.9 Å². The topological polar surface area (TPSA) is 78.3 Å². The Balaban J connectivity index is 1.45. The lowest BCUT2D eigenvalue weighted by molar-refractivity contribution is 0.0949. The van der Waals surface area contributed by atoms with Crippen LogP contribution >= 0.6 is 0 Å². The maximum atomic E-state index is 13.0. The Kier molecular flexibility index (Phi) is 7.22. The van der Waals surface area contributed by atoms with Gasteiger partial charge >= 0.3 is 0 Å². The Morgan fingerprint density at radius 2 is 1.79 bits per heavy atom. The number of hydrogen-bond acceptors (Lipinski definition) is 5. The minimum atomic E-state index is -0.186. The number of benzene rings is 2. The van der Waals surface area contributed by atoms with E-state index >= 15 is 0 Å². The highest BCUT2D eigenvalue weighted by Crippen LogP contribution is 2.29. The number of carbonyl (C=O) groups is 1. The van der Waals surface area contributed by atoms with E-state index in [-0.39, 0.29) is 11.8 Å². The lowest BCUT2D eigenvalue weighted by Crippen LogP contribution is -2.24. The molecule has 0 fully saturated rings. The number of nitrogens with zero attached hydrogens (tertiary/aromatic N) is 3. The molecule has 7 nitrogen and oxygen atoms in total. The largest absolute Gasteiger partial charge is 0.493 e. The van der Waals surface area contributed by atoms with E-state index in [0.717, 1.165) is 16.8 Å². The first-order valence-corrected chi connectivity index (χ1v) is 11.2. The van der Waals surface area contributed by atoms with E-state index in [9.17, 15) is 4.79 Å². The molecule has 2 aromatic heterocycles. The second-order valence-electron chi connectivity index (χ2n) is 8.14. The maximum absolute atomic E-state index is 13.0. The average Bonchev–Trinajstić information content (AvgIpc) is 3.33. The Hall–Kier alpha value is -4.13. The molecule has 174 valence electrons. The quantitative estimate of drug-likeness (QED) is 0.387. The van der Waals surface area contributed by atoms with Crippen molar-refractivity contribution < 1.29 is 14.3 Å². The van der Waals surface area contributed by atoms with Gasteiger partial charge in [0, 0.05) is 12.7 Å². The highest BCUT2D eigenvalue weighted by atomic mass is 16.5. The highest BCUT2D eigenvalue weighted by Gasteiger charge is 2.21. The third kappa shape index (κ3) is 5.26. The number of rotatable bonds is 9. The van der Waals surface area contributed by atoms with Crippen molar-refractivity contribution >= 4 is 5.91 Å². The van der Waals surface area contributed by atoms with Crippen molar-refractivity contribution in [3.05, 3.63) is 102 Å². The van der Waals surface area contributed by atoms with Gasteiger partial charge in [-0.3, -0.25) is 4.79 Å². The lowest BCUT2D eigenvalue weighted by Gasteiger charge is -2.14. The summed E-state index contributed by atoms with van der Waals surface area (Å²) in [5.41, 5.74) is 3.34. The van der Waals surface area contributed by atoms with Crippen LogP contribution in [0.5, 0.6) is 11.5 Å². The van der Waals surface area contributed by atoms with Gasteiger partial charge in [-0.25, -0.2) is 9.67 Å². The fourth-order valence-electron chi connectivity index (χ4n) is 3.70. The molecule has 7 heteroatoms. The van der Waals surface area contributed by atoms with Crippen LogP contribution in [-0.4, -0.2) is 27.8 Å². The molecule has 2 aromatic carbocycles. The van der Waals surface area contributed by atoms with Gasteiger partial charge in [0.05, 0.1) is 24.6 Å². The first kappa shape index (κ1) is 23.0. The summed E-state index contributed by atoms with van der Waals surface area (Å²) in [7, 11) is 1.61. The molecule has 0 spiro atoms. The van der Waals surface area contributed by atoms with E-state index in [0.29, 0.717) is 36.0 Å². The zero-order valence-electron chi connectivity index (χ0n) is 19.6. The van der Waals surface area contributed by atoms with Gasteiger partial charge in [0.1, 0.15) is 6.61 Å². The molecule has 0 aliphatic carbocycles. The van der Waals surface area contributed by atoms with E-state index in [1.807, 2.05) is 80.6 Å². The van der Waals surface area contributed by atoms with E-state index in [1.54, 1.807) is 24.2 Å². The van der Waals surface area contributed by atoms with E-state index in [1.165, 1.54) is 0 Å². The molecule has 0 saturated heterocycles. The van der Waals surface area contributed by atoms with Gasteiger partial charge in [0.15, 0.2) is 17.3 Å². The first-order valence-electron chi connectivity index (χ1n) is 11.2. The van der Waals surface area contributed by atoms with Gasteiger partial charge in [0.25, 0.3) is 5.91 Å². The summed E-state index contributed by atoms with van der Waals surface area (Å²) < 4.78 is 13.2. The Morgan fingerprint density at radius 1 is 1.00 bits per heavy atom. The van der Waals surface area contributed by atoms with E-state index in [2.05, 4.69) is 15.4 Å². The lowest BCUT2D eigenvalue weighted by atomic mass is 10.1. The number of ether oxygens (including phenoxy) is 2. The molecule has 0 aliphatic rings. The van der Waals surface area contributed by atoms with Gasteiger partial charge in [0.2, 0.25) is 0 Å². The number of pyridine rings is 1. The monoisotopic (exact) mass is 456 g/mol. The zero-order valence-corrected chi connectivity index (χ0v) is 19.6. The molecule has 34 heavy (non-hydrogen) atoms. The van der Waals surface area contributed by atoms with Crippen molar-refractivity contribution in [2.24, 2.45) is 0 Å². The number of methoxy groups -OCH3 is 1. The molecule has 0 aliphatic heterocycles. The van der Waals surface area contributed by atoms with Crippen LogP contribution in [-0.2, 0) is 13.2 Å². The summed E-state index contributed by atoms with van der Waals surface area (Å²) in [6.07, 6.45) is 3.31. The molecule has 4 rings (SSSR count). The number of amides is 1. The Bertz CT molecular complexity index is 1240. The van der Waals surface area contributed by atoms with Gasteiger partial charge in [-0.15, -0.1) is 0 Å². The molecule has 0 atom stereocenters. The van der Waals surface area contributed by atoms with Gasteiger partial charge < -0.3 is 14.8 Å². The fraction of sp³-hybridized carbons (Fsp3) is 0.222. The van der Waals surface area contributed by atoms with Crippen molar-refractivity contribution in [1.29, 1.82) is 0 Å². The number of carbonyl (C=O) groups excluding carboxylic acids is 1. The van der Waals surface area contributed by atoms with Crippen LogP contribution in [0, 0.1) is 0 Å². The molecule has 4 aromatic rings. The van der Waals surface area contributed by atoms with Crippen LogP contribution in [0.15, 0.2) is 79.1 Å². The highest BCUT2D eigenvalue weighted by molar-refractivity contribution is 5.95. The summed E-state index contributed by atoms with van der Waals surface area (Å²) >= 11 is 0. The normalized spacial score (nSPS) is 10.8. The van der Waals surface area contributed by atoms with Crippen LogP contribution in [0.4, 0.5) is 0 Å². The summed E-state index contributed by atoms with van der Waals surface area (Å²) in [5, 5.41) is 7.42. The summed E-state index contributed by atoms with van der Waals surface area (Å²) in [6, 6.07) is 21.2. The molecule has 1 N–H and O–H groups in total. The Morgan fingerprint density at radius 3 is 2.50 bits per heavy atom.